The Bertz CT molecular complexity index is 540. The van der Waals surface area contributed by atoms with Crippen LogP contribution in [-0.4, -0.2) is 16.0 Å². The van der Waals surface area contributed by atoms with Crippen molar-refractivity contribution in [3.8, 4) is 0 Å². The fraction of sp³-hybridized carbons (Fsp3) is 0.154. The van der Waals surface area contributed by atoms with E-state index in [1.165, 1.54) is 11.3 Å². The number of nitrogens with zero attached hydrogens (tertiary/aromatic N) is 1. The molecule has 0 fully saturated rings. The molecule has 19 heavy (non-hydrogen) atoms. The quantitative estimate of drug-likeness (QED) is 0.850. The number of anilines is 1. The summed E-state index contributed by atoms with van der Waals surface area (Å²) in [5.41, 5.74) is 1.14. The third-order valence-electron chi connectivity index (χ3n) is 2.39. The summed E-state index contributed by atoms with van der Waals surface area (Å²) >= 11 is 6.46. The molecule has 1 heterocycles. The number of thiazole rings is 1. The molecule has 2 N–H and O–H groups in total. The Balaban J connectivity index is 1.74. The van der Waals surface area contributed by atoms with Gasteiger partial charge in [-0.3, -0.25) is 4.79 Å². The molecule has 0 atom stereocenters. The molecule has 4 nitrogen and oxygen atoms in total. The highest BCUT2D eigenvalue weighted by Crippen LogP contribution is 2.09. The standard InChI is InChI=1S/C13H13N3OS2/c17-11(7-6-10-4-2-1-3-5-10)15-12(18)16-13-14-8-9-19-13/h1-5,8-9H,6-7H2,(H2,14,15,16,17,18). The van der Waals surface area contributed by atoms with Crippen molar-refractivity contribution in [3.63, 3.8) is 0 Å². The number of hydrogen-bond acceptors (Lipinski definition) is 4. The average Bonchev–Trinajstić information content (AvgIpc) is 2.90. The molecule has 0 unspecified atom stereocenters. The molecule has 1 aromatic carbocycles. The second-order valence-corrected chi connectivity index (χ2v) is 5.13. The molecule has 0 bridgehead atoms. The zero-order valence-electron chi connectivity index (χ0n) is 10.1. The van der Waals surface area contributed by atoms with E-state index in [1.807, 2.05) is 35.7 Å². The molecule has 0 saturated carbocycles. The van der Waals surface area contributed by atoms with Crippen LogP contribution >= 0.6 is 23.6 Å². The molecular formula is C13H13N3OS2. The topological polar surface area (TPSA) is 54.0 Å². The summed E-state index contributed by atoms with van der Waals surface area (Å²) < 4.78 is 0. The predicted octanol–water partition coefficient (Wildman–Crippen LogP) is 2.59. The van der Waals surface area contributed by atoms with Crippen LogP contribution in [0.5, 0.6) is 0 Å². The smallest absolute Gasteiger partial charge is 0.226 e. The van der Waals surface area contributed by atoms with Gasteiger partial charge in [0.15, 0.2) is 10.2 Å². The molecule has 0 aliphatic heterocycles. The van der Waals surface area contributed by atoms with Crippen molar-refractivity contribution in [2.75, 3.05) is 5.32 Å². The van der Waals surface area contributed by atoms with Crippen molar-refractivity contribution in [2.45, 2.75) is 12.8 Å². The Kier molecular flexibility index (Phi) is 5.00. The number of thiocarbonyl (C=S) groups is 1. The summed E-state index contributed by atoms with van der Waals surface area (Å²) in [7, 11) is 0. The van der Waals surface area contributed by atoms with E-state index in [4.69, 9.17) is 12.2 Å². The third kappa shape index (κ3) is 4.76. The zero-order valence-corrected chi connectivity index (χ0v) is 11.8. The first kappa shape index (κ1) is 13.6. The number of rotatable bonds is 4. The zero-order chi connectivity index (χ0) is 13.5. The molecule has 98 valence electrons. The number of aromatic nitrogens is 1. The average molecular weight is 291 g/mol. The van der Waals surface area contributed by atoms with E-state index in [1.54, 1.807) is 6.20 Å². The van der Waals surface area contributed by atoms with Gasteiger partial charge in [0.05, 0.1) is 0 Å². The van der Waals surface area contributed by atoms with Gasteiger partial charge in [0.1, 0.15) is 0 Å². The fourth-order valence-corrected chi connectivity index (χ4v) is 2.31. The summed E-state index contributed by atoms with van der Waals surface area (Å²) in [5.74, 6) is -0.0992. The second kappa shape index (κ2) is 6.96. The summed E-state index contributed by atoms with van der Waals surface area (Å²) in [6.45, 7) is 0. The van der Waals surface area contributed by atoms with Gasteiger partial charge in [0.25, 0.3) is 0 Å². The number of aryl methyl sites for hydroxylation is 1. The first-order valence-electron chi connectivity index (χ1n) is 5.78. The molecule has 2 aromatic rings. The second-order valence-electron chi connectivity index (χ2n) is 3.83. The highest BCUT2D eigenvalue weighted by Gasteiger charge is 2.06. The summed E-state index contributed by atoms with van der Waals surface area (Å²) in [4.78, 5) is 15.7. The Morgan fingerprint density at radius 2 is 2.11 bits per heavy atom. The van der Waals surface area contributed by atoms with Crippen LogP contribution < -0.4 is 10.6 Å². The monoisotopic (exact) mass is 291 g/mol. The Hall–Kier alpha value is -1.79. The van der Waals surface area contributed by atoms with Gasteiger partial charge in [-0.1, -0.05) is 30.3 Å². The van der Waals surface area contributed by atoms with Gasteiger partial charge >= 0.3 is 0 Å². The first-order valence-corrected chi connectivity index (χ1v) is 7.07. The normalized spacial score (nSPS) is 9.89. The van der Waals surface area contributed by atoms with E-state index >= 15 is 0 Å². The van der Waals surface area contributed by atoms with Crippen LogP contribution in [-0.2, 0) is 11.2 Å². The Morgan fingerprint density at radius 3 is 2.79 bits per heavy atom. The lowest BCUT2D eigenvalue weighted by Crippen LogP contribution is -2.34. The Labute approximate surface area is 120 Å². The van der Waals surface area contributed by atoms with E-state index in [0.29, 0.717) is 18.0 Å². The minimum absolute atomic E-state index is 0.0992. The highest BCUT2D eigenvalue weighted by molar-refractivity contribution is 7.80. The Morgan fingerprint density at radius 1 is 1.32 bits per heavy atom. The van der Waals surface area contributed by atoms with E-state index in [2.05, 4.69) is 15.6 Å². The molecule has 0 aliphatic rings. The molecule has 0 aliphatic carbocycles. The van der Waals surface area contributed by atoms with Crippen LogP contribution in [0.15, 0.2) is 41.9 Å². The van der Waals surface area contributed by atoms with Crippen LogP contribution in [0.1, 0.15) is 12.0 Å². The number of nitrogens with one attached hydrogen (secondary N) is 2. The molecule has 1 aromatic heterocycles. The maximum atomic E-state index is 11.7. The number of benzene rings is 1. The van der Waals surface area contributed by atoms with E-state index in [0.717, 1.165) is 5.56 Å². The molecular weight excluding hydrogens is 278 g/mol. The van der Waals surface area contributed by atoms with Crippen molar-refractivity contribution in [1.82, 2.24) is 10.3 Å². The number of carbonyl (C=O) groups excluding carboxylic acids is 1. The molecule has 0 radical (unpaired) electrons. The maximum Gasteiger partial charge on any atom is 0.226 e. The van der Waals surface area contributed by atoms with Gasteiger partial charge < -0.3 is 10.6 Å². The van der Waals surface area contributed by atoms with Gasteiger partial charge in [-0.05, 0) is 24.2 Å². The summed E-state index contributed by atoms with van der Waals surface area (Å²) in [6, 6.07) is 9.87. The number of carbonyl (C=O) groups is 1. The predicted molar refractivity (Wildman–Crippen MR) is 81.2 cm³/mol. The van der Waals surface area contributed by atoms with Crippen molar-refractivity contribution < 1.29 is 4.79 Å². The third-order valence-corrected chi connectivity index (χ3v) is 3.28. The van der Waals surface area contributed by atoms with Gasteiger partial charge in [-0.25, -0.2) is 4.98 Å². The van der Waals surface area contributed by atoms with Crippen LogP contribution in [0, 0.1) is 0 Å². The molecule has 2 rings (SSSR count). The van der Waals surface area contributed by atoms with Gasteiger partial charge in [0, 0.05) is 18.0 Å². The highest BCUT2D eigenvalue weighted by atomic mass is 32.1. The molecule has 0 spiro atoms. The minimum Gasteiger partial charge on any atom is -0.308 e. The fourth-order valence-electron chi connectivity index (χ4n) is 1.51. The van der Waals surface area contributed by atoms with Crippen LogP contribution in [0.3, 0.4) is 0 Å². The van der Waals surface area contributed by atoms with Crippen molar-refractivity contribution in [1.29, 1.82) is 0 Å². The lowest BCUT2D eigenvalue weighted by atomic mass is 10.1. The van der Waals surface area contributed by atoms with Crippen LogP contribution in [0.4, 0.5) is 5.13 Å². The van der Waals surface area contributed by atoms with Crippen molar-refractivity contribution >= 4 is 39.7 Å². The summed E-state index contributed by atoms with van der Waals surface area (Å²) in [6.07, 6.45) is 2.78. The van der Waals surface area contributed by atoms with Gasteiger partial charge in [-0.2, -0.15) is 0 Å². The SMILES string of the molecule is O=C(CCc1ccccc1)NC(=S)Nc1nccs1. The van der Waals surface area contributed by atoms with E-state index < -0.39 is 0 Å². The van der Waals surface area contributed by atoms with E-state index in [-0.39, 0.29) is 11.0 Å². The lowest BCUT2D eigenvalue weighted by Gasteiger charge is -2.07. The largest absolute Gasteiger partial charge is 0.308 e. The van der Waals surface area contributed by atoms with Crippen molar-refractivity contribution in [3.05, 3.63) is 47.5 Å². The molecule has 1 amide bonds. The lowest BCUT2D eigenvalue weighted by molar-refractivity contribution is -0.119. The summed E-state index contributed by atoms with van der Waals surface area (Å²) in [5, 5.41) is 8.29. The van der Waals surface area contributed by atoms with Crippen molar-refractivity contribution in [2.24, 2.45) is 0 Å². The van der Waals surface area contributed by atoms with Gasteiger partial charge in [0.2, 0.25) is 5.91 Å². The first-order chi connectivity index (χ1) is 9.24. The minimum atomic E-state index is -0.0992. The van der Waals surface area contributed by atoms with Crippen LogP contribution in [0.25, 0.3) is 0 Å². The van der Waals surface area contributed by atoms with Crippen LogP contribution in [0.2, 0.25) is 0 Å². The van der Waals surface area contributed by atoms with Gasteiger partial charge in [-0.15, -0.1) is 11.3 Å². The molecule has 0 saturated heterocycles. The number of hydrogen-bond donors (Lipinski definition) is 2. The molecule has 6 heteroatoms. The maximum absolute atomic E-state index is 11.7. The van der Waals surface area contributed by atoms with E-state index in [9.17, 15) is 4.79 Å². The number of amides is 1.